The smallest absolute Gasteiger partial charge is 0.276 e. The zero-order valence-electron chi connectivity index (χ0n) is 16.5. The number of para-hydroxylation sites is 2. The molecule has 0 atom stereocenters. The molecule has 1 aromatic heterocycles. The van der Waals surface area contributed by atoms with E-state index in [9.17, 15) is 14.4 Å². The van der Waals surface area contributed by atoms with Crippen LogP contribution in [0, 0.1) is 20.8 Å². The van der Waals surface area contributed by atoms with Gasteiger partial charge in [0.1, 0.15) is 0 Å². The van der Waals surface area contributed by atoms with Crippen molar-refractivity contribution in [1.29, 1.82) is 0 Å². The average molecular weight is 390 g/mol. The van der Waals surface area contributed by atoms with Crippen molar-refractivity contribution in [2.75, 3.05) is 11.9 Å². The fourth-order valence-electron chi connectivity index (χ4n) is 2.97. The van der Waals surface area contributed by atoms with Crippen LogP contribution in [0.3, 0.4) is 0 Å². The summed E-state index contributed by atoms with van der Waals surface area (Å²) < 4.78 is 1.52. The lowest BCUT2D eigenvalue weighted by Crippen LogP contribution is -2.37. The number of amides is 2. The molecule has 3 rings (SSSR count). The second kappa shape index (κ2) is 8.52. The van der Waals surface area contributed by atoms with Crippen LogP contribution in [0.5, 0.6) is 0 Å². The van der Waals surface area contributed by atoms with Gasteiger partial charge in [0.2, 0.25) is 11.3 Å². The third-order valence-corrected chi connectivity index (χ3v) is 4.48. The van der Waals surface area contributed by atoms with Crippen molar-refractivity contribution in [2.24, 2.45) is 0 Å². The van der Waals surface area contributed by atoms with Crippen molar-refractivity contribution in [1.82, 2.24) is 15.1 Å². The molecule has 148 valence electrons. The number of aryl methyl sites for hydroxylation is 3. The summed E-state index contributed by atoms with van der Waals surface area (Å²) in [6.07, 6.45) is 0. The number of hydrogen-bond donors (Lipinski definition) is 2. The molecule has 0 fully saturated rings. The van der Waals surface area contributed by atoms with E-state index in [1.165, 1.54) is 10.7 Å². The zero-order valence-corrected chi connectivity index (χ0v) is 16.5. The molecule has 0 aliphatic carbocycles. The van der Waals surface area contributed by atoms with Crippen LogP contribution in [-0.4, -0.2) is 28.1 Å². The van der Waals surface area contributed by atoms with E-state index in [-0.39, 0.29) is 18.1 Å². The second-order valence-electron chi connectivity index (χ2n) is 6.74. The summed E-state index contributed by atoms with van der Waals surface area (Å²) >= 11 is 0. The summed E-state index contributed by atoms with van der Waals surface area (Å²) in [4.78, 5) is 37.0. The fourth-order valence-corrected chi connectivity index (χ4v) is 2.97. The lowest BCUT2D eigenvalue weighted by Gasteiger charge is -2.13. The minimum Gasteiger partial charge on any atom is -0.341 e. The molecule has 0 aliphatic rings. The number of carbonyl (C=O) groups is 2. The minimum atomic E-state index is -0.698. The Morgan fingerprint density at radius 3 is 2.28 bits per heavy atom. The Morgan fingerprint density at radius 2 is 1.62 bits per heavy atom. The molecule has 0 saturated carbocycles. The summed E-state index contributed by atoms with van der Waals surface area (Å²) in [7, 11) is 0. The first kappa shape index (κ1) is 20.0. The van der Waals surface area contributed by atoms with Crippen molar-refractivity contribution in [3.8, 4) is 5.69 Å². The van der Waals surface area contributed by atoms with E-state index in [4.69, 9.17) is 0 Å². The van der Waals surface area contributed by atoms with E-state index in [1.807, 2.05) is 62.4 Å². The number of nitrogens with zero attached hydrogens (tertiary/aromatic N) is 2. The van der Waals surface area contributed by atoms with Gasteiger partial charge in [-0.05, 0) is 44.0 Å². The number of aromatic nitrogens is 2. The Morgan fingerprint density at radius 1 is 0.966 bits per heavy atom. The third kappa shape index (κ3) is 4.57. The van der Waals surface area contributed by atoms with Crippen molar-refractivity contribution >= 4 is 17.5 Å². The Bertz CT molecular complexity index is 1100. The SMILES string of the molecule is Cc1cccc(C)c1NC(=O)CNC(=O)c1nn(-c2ccccc2)c(C)cc1=O. The first-order valence-electron chi connectivity index (χ1n) is 9.17. The summed E-state index contributed by atoms with van der Waals surface area (Å²) in [6, 6.07) is 16.2. The number of rotatable bonds is 5. The van der Waals surface area contributed by atoms with Gasteiger partial charge in [0.05, 0.1) is 12.2 Å². The molecule has 2 aromatic carbocycles. The predicted molar refractivity (Wildman–Crippen MR) is 111 cm³/mol. The van der Waals surface area contributed by atoms with Gasteiger partial charge in [-0.15, -0.1) is 0 Å². The van der Waals surface area contributed by atoms with Gasteiger partial charge in [0, 0.05) is 17.4 Å². The van der Waals surface area contributed by atoms with Crippen LogP contribution in [0.25, 0.3) is 5.69 Å². The van der Waals surface area contributed by atoms with E-state index >= 15 is 0 Å². The fraction of sp³-hybridized carbons (Fsp3) is 0.182. The molecule has 0 bridgehead atoms. The molecule has 3 aromatic rings. The van der Waals surface area contributed by atoms with Crippen LogP contribution < -0.4 is 16.1 Å². The van der Waals surface area contributed by atoms with Gasteiger partial charge >= 0.3 is 0 Å². The Kier molecular flexibility index (Phi) is 5.87. The Labute approximate surface area is 168 Å². The van der Waals surface area contributed by atoms with Gasteiger partial charge in [-0.3, -0.25) is 14.4 Å². The van der Waals surface area contributed by atoms with Crippen LogP contribution in [0.15, 0.2) is 59.4 Å². The largest absolute Gasteiger partial charge is 0.341 e. The molecule has 0 unspecified atom stereocenters. The van der Waals surface area contributed by atoms with Crippen molar-refractivity contribution < 1.29 is 9.59 Å². The van der Waals surface area contributed by atoms with Crippen LogP contribution in [0.2, 0.25) is 0 Å². The highest BCUT2D eigenvalue weighted by molar-refractivity contribution is 5.98. The number of anilines is 1. The van der Waals surface area contributed by atoms with Crippen LogP contribution in [0.4, 0.5) is 5.69 Å². The highest BCUT2D eigenvalue weighted by atomic mass is 16.2. The summed E-state index contributed by atoms with van der Waals surface area (Å²) in [5.74, 6) is -1.08. The molecule has 29 heavy (non-hydrogen) atoms. The van der Waals surface area contributed by atoms with Crippen molar-refractivity contribution in [3.63, 3.8) is 0 Å². The molecule has 0 radical (unpaired) electrons. The highest BCUT2D eigenvalue weighted by Gasteiger charge is 2.16. The topological polar surface area (TPSA) is 93.1 Å². The van der Waals surface area contributed by atoms with Gasteiger partial charge in [-0.1, -0.05) is 36.4 Å². The maximum Gasteiger partial charge on any atom is 0.276 e. The van der Waals surface area contributed by atoms with E-state index in [2.05, 4.69) is 15.7 Å². The van der Waals surface area contributed by atoms with Gasteiger partial charge in [-0.2, -0.15) is 5.10 Å². The van der Waals surface area contributed by atoms with E-state index in [0.29, 0.717) is 11.4 Å². The molecule has 0 saturated heterocycles. The number of nitrogens with one attached hydrogen (secondary N) is 2. The molecular weight excluding hydrogens is 368 g/mol. The zero-order chi connectivity index (χ0) is 21.0. The monoisotopic (exact) mass is 390 g/mol. The van der Waals surface area contributed by atoms with Gasteiger partial charge in [0.25, 0.3) is 5.91 Å². The van der Waals surface area contributed by atoms with Gasteiger partial charge in [0.15, 0.2) is 5.69 Å². The summed E-state index contributed by atoms with van der Waals surface area (Å²) in [5, 5.41) is 9.45. The first-order valence-corrected chi connectivity index (χ1v) is 9.17. The van der Waals surface area contributed by atoms with E-state index in [1.54, 1.807) is 6.92 Å². The molecule has 2 amide bonds. The normalized spacial score (nSPS) is 10.4. The molecular formula is C22H22N4O3. The second-order valence-corrected chi connectivity index (χ2v) is 6.74. The lowest BCUT2D eigenvalue weighted by molar-refractivity contribution is -0.115. The van der Waals surface area contributed by atoms with E-state index in [0.717, 1.165) is 16.8 Å². The minimum absolute atomic E-state index is 0.265. The third-order valence-electron chi connectivity index (χ3n) is 4.48. The standard InChI is InChI=1S/C22H22N4O3/c1-14-8-7-9-15(2)20(14)24-19(28)13-23-22(29)21-18(27)12-16(3)26(25-21)17-10-5-4-6-11-17/h4-12H,13H2,1-3H3,(H,23,29)(H,24,28). The lowest BCUT2D eigenvalue weighted by atomic mass is 10.1. The maximum atomic E-state index is 12.5. The molecule has 0 aliphatic heterocycles. The molecule has 2 N–H and O–H groups in total. The van der Waals surface area contributed by atoms with E-state index < -0.39 is 11.3 Å². The molecule has 1 heterocycles. The van der Waals surface area contributed by atoms with Gasteiger partial charge < -0.3 is 10.6 Å². The molecule has 7 nitrogen and oxygen atoms in total. The molecule has 7 heteroatoms. The average Bonchev–Trinajstić information content (AvgIpc) is 2.70. The maximum absolute atomic E-state index is 12.5. The number of benzene rings is 2. The van der Waals surface area contributed by atoms with Crippen LogP contribution >= 0.6 is 0 Å². The number of carbonyl (C=O) groups excluding carboxylic acids is 2. The molecule has 0 spiro atoms. The predicted octanol–water partition coefficient (Wildman–Crippen LogP) is 2.53. The highest BCUT2D eigenvalue weighted by Crippen LogP contribution is 2.19. The van der Waals surface area contributed by atoms with Crippen LogP contribution in [0.1, 0.15) is 27.3 Å². The summed E-state index contributed by atoms with van der Waals surface area (Å²) in [6.45, 7) is 5.25. The Hall–Kier alpha value is -3.74. The van der Waals surface area contributed by atoms with Crippen molar-refractivity contribution in [3.05, 3.63) is 87.3 Å². The Balaban J connectivity index is 1.74. The quantitative estimate of drug-likeness (QED) is 0.700. The van der Waals surface area contributed by atoms with Gasteiger partial charge in [-0.25, -0.2) is 4.68 Å². The summed E-state index contributed by atoms with van der Waals surface area (Å²) in [5.41, 5.74) is 3.14. The number of hydrogen-bond acceptors (Lipinski definition) is 4. The first-order chi connectivity index (χ1) is 13.9. The van der Waals surface area contributed by atoms with Crippen LogP contribution in [-0.2, 0) is 4.79 Å². The van der Waals surface area contributed by atoms with Crippen molar-refractivity contribution in [2.45, 2.75) is 20.8 Å².